The van der Waals surface area contributed by atoms with E-state index in [2.05, 4.69) is 11.9 Å². The SMILES string of the molecule is CN1CCN(C(=O)C2CCCN(C(=O)c3cccs3)C2)CC1. The summed E-state index contributed by atoms with van der Waals surface area (Å²) in [6, 6.07) is 3.76. The van der Waals surface area contributed by atoms with Crippen LogP contribution in [0.2, 0.25) is 0 Å². The van der Waals surface area contributed by atoms with Crippen LogP contribution in [0.3, 0.4) is 0 Å². The fourth-order valence-electron chi connectivity index (χ4n) is 3.20. The highest BCUT2D eigenvalue weighted by Crippen LogP contribution is 2.22. The molecule has 2 aliphatic heterocycles. The summed E-state index contributed by atoms with van der Waals surface area (Å²) < 4.78 is 0. The van der Waals surface area contributed by atoms with E-state index in [9.17, 15) is 9.59 Å². The van der Waals surface area contributed by atoms with Gasteiger partial charge in [0, 0.05) is 39.3 Å². The predicted octanol–water partition coefficient (Wildman–Crippen LogP) is 1.37. The first-order valence-electron chi connectivity index (χ1n) is 7.95. The Morgan fingerprint density at radius 1 is 1.14 bits per heavy atom. The summed E-state index contributed by atoms with van der Waals surface area (Å²) in [5.41, 5.74) is 0. The van der Waals surface area contributed by atoms with Crippen molar-refractivity contribution >= 4 is 23.2 Å². The van der Waals surface area contributed by atoms with Crippen LogP contribution in [0.4, 0.5) is 0 Å². The molecule has 0 saturated carbocycles. The summed E-state index contributed by atoms with van der Waals surface area (Å²) in [6.45, 7) is 4.84. The maximum atomic E-state index is 12.7. The Morgan fingerprint density at radius 3 is 2.59 bits per heavy atom. The highest BCUT2D eigenvalue weighted by molar-refractivity contribution is 7.12. The number of hydrogen-bond donors (Lipinski definition) is 0. The van der Waals surface area contributed by atoms with Crippen molar-refractivity contribution in [1.29, 1.82) is 0 Å². The molecule has 2 saturated heterocycles. The summed E-state index contributed by atoms with van der Waals surface area (Å²) in [7, 11) is 2.09. The molecule has 120 valence electrons. The molecule has 3 rings (SSSR count). The van der Waals surface area contributed by atoms with E-state index < -0.39 is 0 Å². The number of rotatable bonds is 2. The Labute approximate surface area is 135 Å². The van der Waals surface area contributed by atoms with E-state index in [4.69, 9.17) is 0 Å². The van der Waals surface area contributed by atoms with Crippen LogP contribution in [-0.4, -0.2) is 72.8 Å². The van der Waals surface area contributed by atoms with Crippen molar-refractivity contribution in [3.05, 3.63) is 22.4 Å². The lowest BCUT2D eigenvalue weighted by Gasteiger charge is -2.38. The number of nitrogens with zero attached hydrogens (tertiary/aromatic N) is 3. The van der Waals surface area contributed by atoms with Gasteiger partial charge in [-0.1, -0.05) is 6.07 Å². The van der Waals surface area contributed by atoms with Crippen molar-refractivity contribution in [3.63, 3.8) is 0 Å². The summed E-state index contributed by atoms with van der Waals surface area (Å²) in [5.74, 6) is 0.281. The second kappa shape index (κ2) is 6.79. The third-order valence-corrected chi connectivity index (χ3v) is 5.46. The van der Waals surface area contributed by atoms with E-state index in [1.54, 1.807) is 0 Å². The van der Waals surface area contributed by atoms with Crippen LogP contribution < -0.4 is 0 Å². The minimum absolute atomic E-state index is 0.0268. The zero-order valence-electron chi connectivity index (χ0n) is 13.0. The van der Waals surface area contributed by atoms with E-state index in [0.717, 1.165) is 50.4 Å². The Kier molecular flexibility index (Phi) is 4.78. The molecule has 6 heteroatoms. The molecule has 1 aromatic rings. The maximum absolute atomic E-state index is 12.7. The third kappa shape index (κ3) is 3.33. The molecule has 5 nitrogen and oxygen atoms in total. The van der Waals surface area contributed by atoms with E-state index in [-0.39, 0.29) is 17.7 Å². The third-order valence-electron chi connectivity index (χ3n) is 4.60. The second-order valence-corrected chi connectivity index (χ2v) is 7.14. The molecular formula is C16H23N3O2S. The minimum Gasteiger partial charge on any atom is -0.340 e. The Bertz CT molecular complexity index is 524. The van der Waals surface area contributed by atoms with Gasteiger partial charge in [0.1, 0.15) is 0 Å². The van der Waals surface area contributed by atoms with Crippen LogP contribution in [-0.2, 0) is 4.79 Å². The van der Waals surface area contributed by atoms with Crippen molar-refractivity contribution in [3.8, 4) is 0 Å². The average Bonchev–Trinajstić information content (AvgIpc) is 3.09. The molecule has 0 N–H and O–H groups in total. The van der Waals surface area contributed by atoms with Crippen molar-refractivity contribution in [2.24, 2.45) is 5.92 Å². The van der Waals surface area contributed by atoms with Crippen molar-refractivity contribution < 1.29 is 9.59 Å². The van der Waals surface area contributed by atoms with E-state index >= 15 is 0 Å². The minimum atomic E-state index is -0.0268. The number of carbonyl (C=O) groups excluding carboxylic acids is 2. The van der Waals surface area contributed by atoms with Gasteiger partial charge in [0.2, 0.25) is 5.91 Å². The first-order chi connectivity index (χ1) is 10.6. The first-order valence-corrected chi connectivity index (χ1v) is 8.83. The standard InChI is InChI=1S/C16H23N3O2S/c1-17-7-9-18(10-8-17)15(20)13-4-2-6-19(12-13)16(21)14-5-3-11-22-14/h3,5,11,13H,2,4,6-10,12H2,1H3. The van der Waals surface area contributed by atoms with Crippen molar-refractivity contribution in [2.75, 3.05) is 46.3 Å². The number of likely N-dealkylation sites (tertiary alicyclic amines) is 1. The zero-order valence-corrected chi connectivity index (χ0v) is 13.8. The van der Waals surface area contributed by atoms with Crippen LogP contribution in [0.15, 0.2) is 17.5 Å². The Hall–Kier alpha value is -1.40. The first kappa shape index (κ1) is 15.5. The molecule has 0 aromatic carbocycles. The predicted molar refractivity (Wildman–Crippen MR) is 87.0 cm³/mol. The molecule has 1 aromatic heterocycles. The van der Waals surface area contributed by atoms with Gasteiger partial charge in [0.25, 0.3) is 5.91 Å². The van der Waals surface area contributed by atoms with Gasteiger partial charge in [-0.2, -0.15) is 0 Å². The quantitative estimate of drug-likeness (QED) is 0.826. The topological polar surface area (TPSA) is 43.9 Å². The van der Waals surface area contributed by atoms with E-state index in [0.29, 0.717) is 6.54 Å². The number of carbonyl (C=O) groups is 2. The van der Waals surface area contributed by atoms with E-state index in [1.807, 2.05) is 27.3 Å². The largest absolute Gasteiger partial charge is 0.340 e. The molecule has 0 aliphatic carbocycles. The van der Waals surface area contributed by atoms with Gasteiger partial charge in [-0.15, -0.1) is 11.3 Å². The lowest BCUT2D eigenvalue weighted by molar-refractivity contribution is -0.138. The van der Waals surface area contributed by atoms with Crippen LogP contribution >= 0.6 is 11.3 Å². The molecule has 1 atom stereocenters. The molecule has 2 fully saturated rings. The maximum Gasteiger partial charge on any atom is 0.263 e. The number of thiophene rings is 1. The van der Waals surface area contributed by atoms with Crippen molar-refractivity contribution in [1.82, 2.24) is 14.7 Å². The molecule has 2 amide bonds. The van der Waals surface area contributed by atoms with Crippen LogP contribution in [0.1, 0.15) is 22.5 Å². The van der Waals surface area contributed by atoms with Crippen LogP contribution in [0.5, 0.6) is 0 Å². The van der Waals surface area contributed by atoms with E-state index in [1.165, 1.54) is 11.3 Å². The Morgan fingerprint density at radius 2 is 1.91 bits per heavy atom. The van der Waals surface area contributed by atoms with Gasteiger partial charge < -0.3 is 14.7 Å². The fraction of sp³-hybridized carbons (Fsp3) is 0.625. The van der Waals surface area contributed by atoms with Crippen LogP contribution in [0, 0.1) is 5.92 Å². The number of hydrogen-bond acceptors (Lipinski definition) is 4. The smallest absolute Gasteiger partial charge is 0.263 e. The molecular weight excluding hydrogens is 298 g/mol. The number of amides is 2. The van der Waals surface area contributed by atoms with Gasteiger partial charge in [0.15, 0.2) is 0 Å². The lowest BCUT2D eigenvalue weighted by Crippen LogP contribution is -2.52. The summed E-state index contributed by atoms with van der Waals surface area (Å²) in [4.78, 5) is 32.0. The van der Waals surface area contributed by atoms with Gasteiger partial charge in [-0.05, 0) is 31.3 Å². The van der Waals surface area contributed by atoms with Gasteiger partial charge >= 0.3 is 0 Å². The highest BCUT2D eigenvalue weighted by atomic mass is 32.1. The molecule has 0 radical (unpaired) electrons. The van der Waals surface area contributed by atoms with Crippen LogP contribution in [0.25, 0.3) is 0 Å². The average molecular weight is 321 g/mol. The molecule has 3 heterocycles. The zero-order chi connectivity index (χ0) is 15.5. The lowest BCUT2D eigenvalue weighted by atomic mass is 9.96. The normalized spacial score (nSPS) is 23.6. The molecule has 0 spiro atoms. The van der Waals surface area contributed by atoms with Gasteiger partial charge in [-0.25, -0.2) is 0 Å². The van der Waals surface area contributed by atoms with Gasteiger partial charge in [-0.3, -0.25) is 9.59 Å². The number of piperidine rings is 1. The summed E-state index contributed by atoms with van der Waals surface area (Å²) >= 11 is 1.47. The number of piperazine rings is 1. The number of likely N-dealkylation sites (N-methyl/N-ethyl adjacent to an activating group) is 1. The van der Waals surface area contributed by atoms with Gasteiger partial charge in [0.05, 0.1) is 10.8 Å². The monoisotopic (exact) mass is 321 g/mol. The molecule has 2 aliphatic rings. The summed E-state index contributed by atoms with van der Waals surface area (Å²) in [6.07, 6.45) is 1.82. The Balaban J connectivity index is 1.60. The molecule has 22 heavy (non-hydrogen) atoms. The summed E-state index contributed by atoms with van der Waals surface area (Å²) in [5, 5.41) is 1.92. The molecule has 0 bridgehead atoms. The highest BCUT2D eigenvalue weighted by Gasteiger charge is 2.32. The second-order valence-electron chi connectivity index (χ2n) is 6.20. The fourth-order valence-corrected chi connectivity index (χ4v) is 3.90. The van der Waals surface area contributed by atoms with Crippen molar-refractivity contribution in [2.45, 2.75) is 12.8 Å². The molecule has 1 unspecified atom stereocenters.